The molecule has 4 aromatic rings. The topological polar surface area (TPSA) is 73.0 Å². The highest BCUT2D eigenvalue weighted by molar-refractivity contribution is 7.99. The number of carbonyl (C=O) groups excluding carboxylic acids is 1. The molecule has 0 unspecified atom stereocenters. The first kappa shape index (κ1) is 21.8. The highest BCUT2D eigenvalue weighted by Crippen LogP contribution is 2.28. The Kier molecular flexibility index (Phi) is 6.87. The molecule has 0 bridgehead atoms. The van der Waals surface area contributed by atoms with E-state index in [1.807, 2.05) is 28.8 Å². The van der Waals surface area contributed by atoms with Gasteiger partial charge in [0.25, 0.3) is 0 Å². The molecule has 2 aromatic heterocycles. The van der Waals surface area contributed by atoms with Gasteiger partial charge in [0.05, 0.1) is 28.6 Å². The Morgan fingerprint density at radius 1 is 1.03 bits per heavy atom. The Bertz CT molecular complexity index is 1190. The summed E-state index contributed by atoms with van der Waals surface area (Å²) in [5, 5.41) is 13.4. The molecular weight excluding hydrogens is 479 g/mol. The van der Waals surface area contributed by atoms with Gasteiger partial charge in [-0.1, -0.05) is 46.6 Å². The van der Waals surface area contributed by atoms with Crippen LogP contribution >= 0.6 is 46.6 Å². The van der Waals surface area contributed by atoms with Crippen molar-refractivity contribution in [3.05, 3.63) is 81.7 Å². The highest BCUT2D eigenvalue weighted by atomic mass is 35.5. The van der Waals surface area contributed by atoms with E-state index in [9.17, 15) is 4.79 Å². The van der Waals surface area contributed by atoms with Crippen molar-refractivity contribution in [2.24, 2.45) is 0 Å². The molecule has 0 fully saturated rings. The van der Waals surface area contributed by atoms with E-state index in [1.165, 1.54) is 11.8 Å². The lowest BCUT2D eigenvalue weighted by Gasteiger charge is -2.09. The number of halogens is 3. The fraction of sp³-hybridized carbons (Fsp3) is 0.0952. The number of hydrogen-bond donors (Lipinski definition) is 1. The summed E-state index contributed by atoms with van der Waals surface area (Å²) in [7, 11) is 0. The quantitative estimate of drug-likeness (QED) is 0.307. The second-order valence-corrected chi connectivity index (χ2v) is 8.64. The Morgan fingerprint density at radius 3 is 2.55 bits per heavy atom. The minimum Gasteiger partial charge on any atom is -0.467 e. The zero-order valence-electron chi connectivity index (χ0n) is 15.9. The second-order valence-electron chi connectivity index (χ2n) is 6.44. The average Bonchev–Trinajstić information content (AvgIpc) is 3.40. The Balaban J connectivity index is 1.52. The van der Waals surface area contributed by atoms with Crippen molar-refractivity contribution in [1.82, 2.24) is 14.8 Å². The molecule has 0 radical (unpaired) electrons. The maximum atomic E-state index is 12.4. The van der Waals surface area contributed by atoms with Crippen LogP contribution in [0.25, 0.3) is 11.4 Å². The lowest BCUT2D eigenvalue weighted by molar-refractivity contribution is -0.113. The normalized spacial score (nSPS) is 10.9. The van der Waals surface area contributed by atoms with Gasteiger partial charge in [0, 0.05) is 16.3 Å². The van der Waals surface area contributed by atoms with Crippen LogP contribution in [0.15, 0.2) is 70.4 Å². The number of furan rings is 1. The van der Waals surface area contributed by atoms with Gasteiger partial charge in [0.1, 0.15) is 5.76 Å². The van der Waals surface area contributed by atoms with Gasteiger partial charge in [-0.25, -0.2) is 0 Å². The smallest absolute Gasteiger partial charge is 0.234 e. The minimum atomic E-state index is -0.205. The number of anilines is 1. The first-order valence-corrected chi connectivity index (χ1v) is 11.2. The van der Waals surface area contributed by atoms with Crippen LogP contribution < -0.4 is 5.32 Å². The van der Waals surface area contributed by atoms with E-state index >= 15 is 0 Å². The molecule has 31 heavy (non-hydrogen) atoms. The molecule has 0 saturated heterocycles. The van der Waals surface area contributed by atoms with Gasteiger partial charge in [0.15, 0.2) is 11.0 Å². The standard InChI is InChI=1S/C21H15Cl3N4O2S/c22-14-5-3-13(4-6-14)20-26-27-21(28(20)11-16-2-1-9-30-16)31-12-19(29)25-15-7-8-17(23)18(24)10-15/h1-10H,11-12H2,(H,25,29). The van der Waals surface area contributed by atoms with E-state index in [1.54, 1.807) is 36.6 Å². The van der Waals surface area contributed by atoms with Crippen molar-refractivity contribution in [2.45, 2.75) is 11.7 Å². The molecule has 10 heteroatoms. The first-order valence-electron chi connectivity index (χ1n) is 9.09. The van der Waals surface area contributed by atoms with Crippen LogP contribution in [0, 0.1) is 0 Å². The summed E-state index contributed by atoms with van der Waals surface area (Å²) in [5.74, 6) is 1.33. The number of amides is 1. The van der Waals surface area contributed by atoms with Gasteiger partial charge in [-0.2, -0.15) is 0 Å². The number of nitrogens with one attached hydrogen (secondary N) is 1. The van der Waals surface area contributed by atoms with Crippen LogP contribution in [0.5, 0.6) is 0 Å². The third-order valence-electron chi connectivity index (χ3n) is 4.25. The maximum Gasteiger partial charge on any atom is 0.234 e. The molecule has 0 saturated carbocycles. The summed E-state index contributed by atoms with van der Waals surface area (Å²) in [6.45, 7) is 0.425. The van der Waals surface area contributed by atoms with Crippen LogP contribution in [0.4, 0.5) is 5.69 Å². The number of benzene rings is 2. The maximum absolute atomic E-state index is 12.4. The van der Waals surface area contributed by atoms with E-state index in [0.717, 1.165) is 11.3 Å². The Hall–Kier alpha value is -2.45. The molecule has 0 aliphatic rings. The number of hydrogen-bond acceptors (Lipinski definition) is 5. The predicted octanol–water partition coefficient (Wildman–Crippen LogP) is 6.28. The van der Waals surface area contributed by atoms with Gasteiger partial charge in [-0.05, 0) is 54.6 Å². The van der Waals surface area contributed by atoms with Crippen molar-refractivity contribution in [3.63, 3.8) is 0 Å². The molecule has 0 aliphatic carbocycles. The van der Waals surface area contributed by atoms with Gasteiger partial charge < -0.3 is 9.73 Å². The van der Waals surface area contributed by atoms with Gasteiger partial charge in [-0.15, -0.1) is 10.2 Å². The van der Waals surface area contributed by atoms with E-state index in [4.69, 9.17) is 39.2 Å². The summed E-state index contributed by atoms with van der Waals surface area (Å²) in [6, 6.07) is 15.9. The number of aromatic nitrogens is 3. The van der Waals surface area contributed by atoms with E-state index in [2.05, 4.69) is 15.5 Å². The predicted molar refractivity (Wildman–Crippen MR) is 124 cm³/mol. The lowest BCUT2D eigenvalue weighted by atomic mass is 10.2. The fourth-order valence-electron chi connectivity index (χ4n) is 2.81. The third kappa shape index (κ3) is 5.43. The molecule has 2 heterocycles. The van der Waals surface area contributed by atoms with Crippen LogP contribution in [0.2, 0.25) is 15.1 Å². The summed E-state index contributed by atoms with van der Waals surface area (Å²) < 4.78 is 7.39. The van der Waals surface area contributed by atoms with Crippen molar-refractivity contribution >= 4 is 58.2 Å². The van der Waals surface area contributed by atoms with Crippen LogP contribution in [0.3, 0.4) is 0 Å². The van der Waals surface area contributed by atoms with E-state index < -0.39 is 0 Å². The summed E-state index contributed by atoms with van der Waals surface area (Å²) >= 11 is 19.2. The molecule has 158 valence electrons. The zero-order chi connectivity index (χ0) is 21.8. The third-order valence-corrected chi connectivity index (χ3v) is 6.21. The number of rotatable bonds is 7. The minimum absolute atomic E-state index is 0.136. The van der Waals surface area contributed by atoms with Gasteiger partial charge >= 0.3 is 0 Å². The summed E-state index contributed by atoms with van der Waals surface area (Å²) in [5.41, 5.74) is 1.43. The molecule has 0 aliphatic heterocycles. The number of thioether (sulfide) groups is 1. The molecule has 6 nitrogen and oxygen atoms in total. The summed E-state index contributed by atoms with van der Waals surface area (Å²) in [4.78, 5) is 12.4. The largest absolute Gasteiger partial charge is 0.467 e. The van der Waals surface area contributed by atoms with Gasteiger partial charge in [-0.3, -0.25) is 9.36 Å². The van der Waals surface area contributed by atoms with Crippen LogP contribution in [-0.4, -0.2) is 26.4 Å². The second kappa shape index (κ2) is 9.78. The van der Waals surface area contributed by atoms with Crippen LogP contribution in [-0.2, 0) is 11.3 Å². The van der Waals surface area contributed by atoms with Crippen molar-refractivity contribution in [3.8, 4) is 11.4 Å². The SMILES string of the molecule is O=C(CSc1nnc(-c2ccc(Cl)cc2)n1Cc1ccco1)Nc1ccc(Cl)c(Cl)c1. The molecule has 0 atom stereocenters. The zero-order valence-corrected chi connectivity index (χ0v) is 19.0. The van der Waals surface area contributed by atoms with Gasteiger partial charge in [0.2, 0.25) is 5.91 Å². The molecule has 0 spiro atoms. The van der Waals surface area contributed by atoms with Crippen LogP contribution in [0.1, 0.15) is 5.76 Å². The first-order chi connectivity index (χ1) is 15.0. The molecule has 4 rings (SSSR count). The highest BCUT2D eigenvalue weighted by Gasteiger charge is 2.17. The monoisotopic (exact) mass is 492 g/mol. The van der Waals surface area contributed by atoms with Crippen molar-refractivity contribution < 1.29 is 9.21 Å². The molecular formula is C21H15Cl3N4O2S. The molecule has 2 aromatic carbocycles. The lowest BCUT2D eigenvalue weighted by Crippen LogP contribution is -2.14. The van der Waals surface area contributed by atoms with Crippen molar-refractivity contribution in [1.29, 1.82) is 0 Å². The Morgan fingerprint density at radius 2 is 1.84 bits per heavy atom. The van der Waals surface area contributed by atoms with E-state index in [-0.39, 0.29) is 11.7 Å². The summed E-state index contributed by atoms with van der Waals surface area (Å²) in [6.07, 6.45) is 1.61. The fourth-order valence-corrected chi connectivity index (χ4v) is 3.97. The van der Waals surface area contributed by atoms with E-state index in [0.29, 0.717) is 38.3 Å². The average molecular weight is 494 g/mol. The number of carbonyl (C=O) groups is 1. The Labute approximate surface area is 197 Å². The molecule has 1 N–H and O–H groups in total. The number of nitrogens with zero attached hydrogens (tertiary/aromatic N) is 3. The van der Waals surface area contributed by atoms with Crippen molar-refractivity contribution in [2.75, 3.05) is 11.1 Å². The molecule has 1 amide bonds.